The number of ether oxygens (including phenoxy) is 1. The fourth-order valence-electron chi connectivity index (χ4n) is 3.19. The summed E-state index contributed by atoms with van der Waals surface area (Å²) < 4.78 is 21.1. The summed E-state index contributed by atoms with van der Waals surface area (Å²) >= 11 is 0. The quantitative estimate of drug-likeness (QED) is 0.736. The largest absolute Gasteiger partial charge is 0.396 e. The molecule has 5 nitrogen and oxygen atoms in total. The number of hydrogen-bond acceptors (Lipinski definition) is 4. The van der Waals surface area contributed by atoms with Crippen LogP contribution in [-0.2, 0) is 4.74 Å². The SMILES string of the molecule is Cc1cc(F)c(N)cc1-c1cc(N2CCOCC2)n2nccc2c1. The Morgan fingerprint density at radius 1 is 1.17 bits per heavy atom. The highest BCUT2D eigenvalue weighted by Gasteiger charge is 2.17. The Bertz CT molecular complexity index is 899. The Morgan fingerprint density at radius 2 is 1.96 bits per heavy atom. The number of nitrogens with two attached hydrogens (primary N) is 1. The van der Waals surface area contributed by atoms with Crippen LogP contribution in [0.25, 0.3) is 16.6 Å². The second-order valence-electron chi connectivity index (χ2n) is 6.06. The smallest absolute Gasteiger partial charge is 0.146 e. The maximum Gasteiger partial charge on any atom is 0.146 e. The van der Waals surface area contributed by atoms with Crippen LogP contribution in [0.3, 0.4) is 0 Å². The first-order valence-electron chi connectivity index (χ1n) is 8.00. The summed E-state index contributed by atoms with van der Waals surface area (Å²) in [7, 11) is 0. The number of nitrogens with zero attached hydrogens (tertiary/aromatic N) is 3. The summed E-state index contributed by atoms with van der Waals surface area (Å²) in [6, 6.07) is 9.30. The van der Waals surface area contributed by atoms with Gasteiger partial charge >= 0.3 is 0 Å². The van der Waals surface area contributed by atoms with Gasteiger partial charge in [-0.1, -0.05) is 0 Å². The van der Waals surface area contributed by atoms with Crippen molar-refractivity contribution in [1.29, 1.82) is 0 Å². The van der Waals surface area contributed by atoms with Gasteiger partial charge in [-0.2, -0.15) is 5.10 Å². The minimum Gasteiger partial charge on any atom is -0.396 e. The van der Waals surface area contributed by atoms with E-state index in [9.17, 15) is 4.39 Å². The molecule has 1 aliphatic rings. The minimum atomic E-state index is -0.380. The maximum atomic E-state index is 13.7. The third-order valence-corrected chi connectivity index (χ3v) is 4.47. The number of fused-ring (bicyclic) bond motifs is 1. The summed E-state index contributed by atoms with van der Waals surface area (Å²) in [5, 5.41) is 4.43. The van der Waals surface area contributed by atoms with Crippen molar-refractivity contribution in [3.05, 3.63) is 47.9 Å². The predicted molar refractivity (Wildman–Crippen MR) is 92.8 cm³/mol. The van der Waals surface area contributed by atoms with E-state index >= 15 is 0 Å². The summed E-state index contributed by atoms with van der Waals surface area (Å²) in [5.41, 5.74) is 9.75. The van der Waals surface area contributed by atoms with Gasteiger partial charge in [0, 0.05) is 13.1 Å². The highest BCUT2D eigenvalue weighted by Crippen LogP contribution is 2.31. The molecule has 0 amide bonds. The number of aryl methyl sites for hydroxylation is 1. The molecule has 4 rings (SSSR count). The first-order valence-corrected chi connectivity index (χ1v) is 8.00. The molecular formula is C18H19FN4O. The van der Waals surface area contributed by atoms with E-state index in [1.807, 2.05) is 17.5 Å². The van der Waals surface area contributed by atoms with E-state index in [4.69, 9.17) is 10.5 Å². The van der Waals surface area contributed by atoms with Crippen LogP contribution < -0.4 is 10.6 Å². The molecule has 3 heterocycles. The molecule has 2 N–H and O–H groups in total. The van der Waals surface area contributed by atoms with E-state index in [0.717, 1.165) is 41.1 Å². The number of aromatic nitrogens is 2. The molecule has 0 bridgehead atoms. The number of morpholine rings is 1. The molecule has 1 saturated heterocycles. The van der Waals surface area contributed by atoms with Gasteiger partial charge < -0.3 is 15.4 Å². The molecule has 0 spiro atoms. The molecule has 0 atom stereocenters. The fraction of sp³-hybridized carbons (Fsp3) is 0.278. The zero-order chi connectivity index (χ0) is 16.7. The number of anilines is 2. The van der Waals surface area contributed by atoms with Crippen molar-refractivity contribution in [2.24, 2.45) is 0 Å². The Hall–Kier alpha value is -2.60. The average molecular weight is 326 g/mol. The summed E-state index contributed by atoms with van der Waals surface area (Å²) in [6.45, 7) is 4.95. The highest BCUT2D eigenvalue weighted by atomic mass is 19.1. The average Bonchev–Trinajstić information content (AvgIpc) is 3.06. The zero-order valence-electron chi connectivity index (χ0n) is 13.5. The fourth-order valence-corrected chi connectivity index (χ4v) is 3.19. The Morgan fingerprint density at radius 3 is 2.75 bits per heavy atom. The Labute approximate surface area is 139 Å². The van der Waals surface area contributed by atoms with Crippen molar-refractivity contribution in [2.45, 2.75) is 6.92 Å². The highest BCUT2D eigenvalue weighted by molar-refractivity contribution is 5.77. The van der Waals surface area contributed by atoms with Crippen molar-refractivity contribution < 1.29 is 9.13 Å². The third-order valence-electron chi connectivity index (χ3n) is 4.47. The number of benzene rings is 1. The van der Waals surface area contributed by atoms with E-state index in [1.165, 1.54) is 6.07 Å². The van der Waals surface area contributed by atoms with Crippen LogP contribution in [0.15, 0.2) is 36.5 Å². The molecule has 0 radical (unpaired) electrons. The predicted octanol–water partition coefficient (Wildman–Crippen LogP) is 2.87. The van der Waals surface area contributed by atoms with Gasteiger partial charge in [0.25, 0.3) is 0 Å². The van der Waals surface area contributed by atoms with Crippen LogP contribution in [0.1, 0.15) is 5.56 Å². The third kappa shape index (κ3) is 2.49. The van der Waals surface area contributed by atoms with Crippen LogP contribution in [-0.4, -0.2) is 35.9 Å². The number of halogens is 1. The summed E-state index contributed by atoms with van der Waals surface area (Å²) in [5.74, 6) is 0.633. The topological polar surface area (TPSA) is 55.8 Å². The van der Waals surface area contributed by atoms with Crippen LogP contribution in [0.2, 0.25) is 0 Å². The summed E-state index contributed by atoms with van der Waals surface area (Å²) in [4.78, 5) is 2.26. The maximum absolute atomic E-state index is 13.7. The van der Waals surface area contributed by atoms with Gasteiger partial charge in [0.05, 0.1) is 30.6 Å². The molecule has 3 aromatic rings. The molecule has 24 heavy (non-hydrogen) atoms. The van der Waals surface area contributed by atoms with E-state index in [-0.39, 0.29) is 11.5 Å². The van der Waals surface area contributed by atoms with E-state index in [0.29, 0.717) is 13.2 Å². The standard InChI is InChI=1S/C18H19FN4O/c1-12-8-16(19)17(20)11-15(12)13-9-14-2-3-21-23(14)18(10-13)22-4-6-24-7-5-22/h2-3,8-11H,4-7,20H2,1H3. The summed E-state index contributed by atoms with van der Waals surface area (Å²) in [6.07, 6.45) is 1.79. The molecule has 0 unspecified atom stereocenters. The first kappa shape index (κ1) is 15.0. The molecule has 0 saturated carbocycles. The van der Waals surface area contributed by atoms with E-state index < -0.39 is 0 Å². The molecule has 1 fully saturated rings. The van der Waals surface area contributed by atoms with Gasteiger partial charge in [-0.05, 0) is 53.9 Å². The van der Waals surface area contributed by atoms with Gasteiger partial charge in [0.1, 0.15) is 11.6 Å². The molecule has 1 aromatic carbocycles. The Kier molecular flexibility index (Phi) is 3.61. The molecule has 2 aromatic heterocycles. The van der Waals surface area contributed by atoms with Crippen molar-refractivity contribution in [2.75, 3.05) is 36.9 Å². The van der Waals surface area contributed by atoms with Crippen LogP contribution in [0, 0.1) is 12.7 Å². The zero-order valence-corrected chi connectivity index (χ0v) is 13.5. The lowest BCUT2D eigenvalue weighted by Crippen LogP contribution is -2.37. The number of pyridine rings is 1. The minimum absolute atomic E-state index is 0.164. The molecule has 1 aliphatic heterocycles. The lowest BCUT2D eigenvalue weighted by atomic mass is 9.99. The van der Waals surface area contributed by atoms with Crippen molar-refractivity contribution in [3.63, 3.8) is 0 Å². The van der Waals surface area contributed by atoms with Crippen LogP contribution >= 0.6 is 0 Å². The molecule has 124 valence electrons. The van der Waals surface area contributed by atoms with Gasteiger partial charge in [0.2, 0.25) is 0 Å². The number of nitrogen functional groups attached to an aromatic ring is 1. The number of rotatable bonds is 2. The normalized spacial score (nSPS) is 15.2. The van der Waals surface area contributed by atoms with Crippen molar-refractivity contribution >= 4 is 17.0 Å². The van der Waals surface area contributed by atoms with Crippen LogP contribution in [0.4, 0.5) is 15.9 Å². The van der Waals surface area contributed by atoms with Gasteiger partial charge in [-0.15, -0.1) is 0 Å². The van der Waals surface area contributed by atoms with E-state index in [1.54, 1.807) is 12.3 Å². The lowest BCUT2D eigenvalue weighted by Gasteiger charge is -2.29. The van der Waals surface area contributed by atoms with E-state index in [2.05, 4.69) is 22.1 Å². The molecule has 0 aliphatic carbocycles. The van der Waals surface area contributed by atoms with Crippen molar-refractivity contribution in [3.8, 4) is 11.1 Å². The van der Waals surface area contributed by atoms with Gasteiger partial charge in [-0.25, -0.2) is 8.91 Å². The first-order chi connectivity index (χ1) is 11.6. The van der Waals surface area contributed by atoms with Crippen LogP contribution in [0.5, 0.6) is 0 Å². The van der Waals surface area contributed by atoms with Gasteiger partial charge in [0.15, 0.2) is 0 Å². The molecular weight excluding hydrogens is 307 g/mol. The lowest BCUT2D eigenvalue weighted by molar-refractivity contribution is 0.122. The second kappa shape index (κ2) is 5.79. The Balaban J connectivity index is 1.89. The monoisotopic (exact) mass is 326 g/mol. The van der Waals surface area contributed by atoms with Gasteiger partial charge in [-0.3, -0.25) is 0 Å². The molecule has 6 heteroatoms. The van der Waals surface area contributed by atoms with Crippen molar-refractivity contribution in [1.82, 2.24) is 9.61 Å². The second-order valence-corrected chi connectivity index (χ2v) is 6.06. The number of hydrogen-bond donors (Lipinski definition) is 1.